The topological polar surface area (TPSA) is 21.6 Å². The number of oxime groups is 1. The van der Waals surface area contributed by atoms with E-state index in [4.69, 9.17) is 4.84 Å². The predicted molar refractivity (Wildman–Crippen MR) is 44.6 cm³/mol. The molecule has 0 spiro atoms. The molecule has 62 valence electrons. The Kier molecular flexibility index (Phi) is 1.84. The van der Waals surface area contributed by atoms with Gasteiger partial charge >= 0.3 is 0 Å². The van der Waals surface area contributed by atoms with Gasteiger partial charge in [0.1, 0.15) is 6.10 Å². The standard InChI is InChI=1S/C9H15NO/c1-7-8-5-3-2-4-6-9(8)11-10-7/h8-9H,2-6H2,1H3. The fraction of sp³-hybridized carbons (Fsp3) is 0.889. The summed E-state index contributed by atoms with van der Waals surface area (Å²) in [5.41, 5.74) is 1.22. The van der Waals surface area contributed by atoms with E-state index in [1.165, 1.54) is 37.8 Å². The summed E-state index contributed by atoms with van der Waals surface area (Å²) in [6.07, 6.45) is 6.99. The molecule has 0 aromatic rings. The summed E-state index contributed by atoms with van der Waals surface area (Å²) in [7, 11) is 0. The van der Waals surface area contributed by atoms with Crippen molar-refractivity contribution < 1.29 is 4.84 Å². The first-order chi connectivity index (χ1) is 5.38. The zero-order chi connectivity index (χ0) is 7.68. The SMILES string of the molecule is CC1=NOC2CCCCCC12. The maximum atomic E-state index is 5.34. The molecule has 0 amide bonds. The van der Waals surface area contributed by atoms with Crippen LogP contribution in [-0.2, 0) is 4.84 Å². The summed E-state index contributed by atoms with van der Waals surface area (Å²) in [5, 5.41) is 4.04. The van der Waals surface area contributed by atoms with Crippen molar-refractivity contribution in [2.24, 2.45) is 11.1 Å². The van der Waals surface area contributed by atoms with Crippen molar-refractivity contribution in [2.45, 2.75) is 45.1 Å². The minimum Gasteiger partial charge on any atom is -0.392 e. The molecule has 1 fully saturated rings. The molecule has 0 saturated heterocycles. The van der Waals surface area contributed by atoms with Gasteiger partial charge in [-0.15, -0.1) is 0 Å². The van der Waals surface area contributed by atoms with Crippen molar-refractivity contribution in [3.05, 3.63) is 0 Å². The van der Waals surface area contributed by atoms with E-state index in [0.29, 0.717) is 12.0 Å². The van der Waals surface area contributed by atoms with E-state index < -0.39 is 0 Å². The van der Waals surface area contributed by atoms with Gasteiger partial charge in [-0.1, -0.05) is 18.0 Å². The third-order valence-electron chi connectivity index (χ3n) is 2.82. The second kappa shape index (κ2) is 2.84. The first-order valence-corrected chi connectivity index (χ1v) is 4.58. The van der Waals surface area contributed by atoms with E-state index >= 15 is 0 Å². The van der Waals surface area contributed by atoms with Crippen LogP contribution >= 0.6 is 0 Å². The third kappa shape index (κ3) is 1.26. The molecule has 0 aromatic carbocycles. The van der Waals surface area contributed by atoms with Crippen LogP contribution in [0.5, 0.6) is 0 Å². The van der Waals surface area contributed by atoms with Gasteiger partial charge in [-0.25, -0.2) is 0 Å². The van der Waals surface area contributed by atoms with Crippen LogP contribution in [0.3, 0.4) is 0 Å². The second-order valence-corrected chi connectivity index (χ2v) is 3.62. The fourth-order valence-corrected chi connectivity index (χ4v) is 2.10. The van der Waals surface area contributed by atoms with Crippen LogP contribution in [0, 0.1) is 5.92 Å². The lowest BCUT2D eigenvalue weighted by atomic mass is 9.94. The van der Waals surface area contributed by atoms with Crippen LogP contribution in [0.2, 0.25) is 0 Å². The van der Waals surface area contributed by atoms with Crippen LogP contribution in [0.25, 0.3) is 0 Å². The largest absolute Gasteiger partial charge is 0.392 e. The quantitative estimate of drug-likeness (QED) is 0.523. The Hall–Kier alpha value is -0.530. The Balaban J connectivity index is 2.06. The van der Waals surface area contributed by atoms with Gasteiger partial charge in [0.25, 0.3) is 0 Å². The van der Waals surface area contributed by atoms with Crippen molar-refractivity contribution in [3.8, 4) is 0 Å². The van der Waals surface area contributed by atoms with Crippen LogP contribution in [0.15, 0.2) is 5.16 Å². The molecule has 2 heteroatoms. The summed E-state index contributed by atoms with van der Waals surface area (Å²) < 4.78 is 0. The molecule has 11 heavy (non-hydrogen) atoms. The van der Waals surface area contributed by atoms with E-state index in [1.54, 1.807) is 0 Å². The molecule has 2 aliphatic rings. The molecule has 0 radical (unpaired) electrons. The highest BCUT2D eigenvalue weighted by atomic mass is 16.6. The first-order valence-electron chi connectivity index (χ1n) is 4.58. The summed E-state index contributed by atoms with van der Waals surface area (Å²) in [6.45, 7) is 2.09. The number of rotatable bonds is 0. The lowest BCUT2D eigenvalue weighted by Crippen LogP contribution is -2.19. The van der Waals surface area contributed by atoms with Crippen LogP contribution in [-0.4, -0.2) is 11.8 Å². The first kappa shape index (κ1) is 7.14. The summed E-state index contributed by atoms with van der Waals surface area (Å²) in [5.74, 6) is 0.650. The monoisotopic (exact) mass is 153 g/mol. The van der Waals surface area contributed by atoms with Crippen molar-refractivity contribution in [3.63, 3.8) is 0 Å². The zero-order valence-electron chi connectivity index (χ0n) is 7.05. The van der Waals surface area contributed by atoms with Gasteiger partial charge in [0.05, 0.1) is 5.71 Å². The van der Waals surface area contributed by atoms with Crippen molar-refractivity contribution in [2.75, 3.05) is 0 Å². The molecule has 2 nitrogen and oxygen atoms in total. The maximum Gasteiger partial charge on any atom is 0.135 e. The molecule has 2 atom stereocenters. The molecule has 0 N–H and O–H groups in total. The average molecular weight is 153 g/mol. The van der Waals surface area contributed by atoms with Gasteiger partial charge in [0, 0.05) is 5.92 Å². The Morgan fingerprint density at radius 3 is 3.00 bits per heavy atom. The third-order valence-corrected chi connectivity index (χ3v) is 2.82. The van der Waals surface area contributed by atoms with E-state index in [9.17, 15) is 0 Å². The molecule has 2 rings (SSSR count). The van der Waals surface area contributed by atoms with Crippen LogP contribution < -0.4 is 0 Å². The van der Waals surface area contributed by atoms with Gasteiger partial charge in [0.2, 0.25) is 0 Å². The predicted octanol–water partition coefficient (Wildman–Crippen LogP) is 2.34. The lowest BCUT2D eigenvalue weighted by Gasteiger charge is -2.12. The minimum absolute atomic E-state index is 0.428. The highest BCUT2D eigenvalue weighted by Crippen LogP contribution is 2.30. The number of hydrogen-bond acceptors (Lipinski definition) is 2. The molecular weight excluding hydrogens is 138 g/mol. The molecular formula is C9H15NO. The summed E-state index contributed by atoms with van der Waals surface area (Å²) >= 11 is 0. The molecule has 1 aliphatic carbocycles. The van der Waals surface area contributed by atoms with Crippen molar-refractivity contribution in [1.29, 1.82) is 0 Å². The Morgan fingerprint density at radius 1 is 1.27 bits per heavy atom. The van der Waals surface area contributed by atoms with Crippen molar-refractivity contribution in [1.82, 2.24) is 0 Å². The fourth-order valence-electron chi connectivity index (χ4n) is 2.10. The highest BCUT2D eigenvalue weighted by molar-refractivity contribution is 5.85. The van der Waals surface area contributed by atoms with Gasteiger partial charge in [-0.2, -0.15) is 0 Å². The zero-order valence-corrected chi connectivity index (χ0v) is 7.05. The molecule has 0 bridgehead atoms. The normalized spacial score (nSPS) is 37.0. The van der Waals surface area contributed by atoms with Crippen LogP contribution in [0.1, 0.15) is 39.0 Å². The highest BCUT2D eigenvalue weighted by Gasteiger charge is 2.32. The molecule has 1 heterocycles. The summed E-state index contributed by atoms with van der Waals surface area (Å²) in [6, 6.07) is 0. The Labute approximate surface area is 67.6 Å². The van der Waals surface area contributed by atoms with Gasteiger partial charge in [-0.3, -0.25) is 0 Å². The second-order valence-electron chi connectivity index (χ2n) is 3.62. The molecule has 2 unspecified atom stereocenters. The molecule has 1 aliphatic heterocycles. The number of nitrogens with zero attached hydrogens (tertiary/aromatic N) is 1. The Morgan fingerprint density at radius 2 is 2.09 bits per heavy atom. The van der Waals surface area contributed by atoms with E-state index in [1.807, 2.05) is 0 Å². The van der Waals surface area contributed by atoms with Gasteiger partial charge in [0.15, 0.2) is 0 Å². The van der Waals surface area contributed by atoms with Gasteiger partial charge in [-0.05, 0) is 26.2 Å². The maximum absolute atomic E-state index is 5.34. The van der Waals surface area contributed by atoms with Crippen LogP contribution in [0.4, 0.5) is 0 Å². The van der Waals surface area contributed by atoms with E-state index in [2.05, 4.69) is 12.1 Å². The number of hydrogen-bond donors (Lipinski definition) is 0. The van der Waals surface area contributed by atoms with E-state index in [-0.39, 0.29) is 0 Å². The number of fused-ring (bicyclic) bond motifs is 1. The van der Waals surface area contributed by atoms with Crippen molar-refractivity contribution >= 4 is 5.71 Å². The lowest BCUT2D eigenvalue weighted by molar-refractivity contribution is 0.0571. The molecule has 1 saturated carbocycles. The minimum atomic E-state index is 0.428. The van der Waals surface area contributed by atoms with Gasteiger partial charge < -0.3 is 4.84 Å². The summed E-state index contributed by atoms with van der Waals surface area (Å²) in [4.78, 5) is 5.34. The molecule has 0 aromatic heterocycles. The Bertz CT molecular complexity index is 176. The smallest absolute Gasteiger partial charge is 0.135 e. The average Bonchev–Trinajstić information content (AvgIpc) is 2.25. The van der Waals surface area contributed by atoms with E-state index in [0.717, 1.165) is 0 Å².